The largest absolute Gasteiger partial charge is 0.490 e. The number of carbonyl (C=O) groups is 1. The molecule has 4 aliphatic rings. The first-order valence-corrected chi connectivity index (χ1v) is 9.79. The summed E-state index contributed by atoms with van der Waals surface area (Å²) in [6.07, 6.45) is 6.41. The summed E-state index contributed by atoms with van der Waals surface area (Å²) in [5.74, 6) is 2.67. The van der Waals surface area contributed by atoms with Crippen molar-refractivity contribution in [2.24, 2.45) is 23.7 Å². The molecule has 5 rings (SSSR count). The molecule has 0 aromatic heterocycles. The van der Waals surface area contributed by atoms with E-state index >= 15 is 0 Å². The predicted octanol–water partition coefficient (Wildman–Crippen LogP) is 3.03. The van der Waals surface area contributed by atoms with Crippen LogP contribution in [-0.2, 0) is 0 Å². The predicted molar refractivity (Wildman–Crippen MR) is 104 cm³/mol. The van der Waals surface area contributed by atoms with Crippen LogP contribution in [0.1, 0.15) is 42.5 Å². The Labute approximate surface area is 163 Å². The molecule has 2 N–H and O–H groups in total. The van der Waals surface area contributed by atoms with Crippen LogP contribution in [-0.4, -0.2) is 29.1 Å². The van der Waals surface area contributed by atoms with Crippen LogP contribution in [0.2, 0.25) is 0 Å². The number of ether oxygens (including phenoxy) is 1. The zero-order valence-electron chi connectivity index (χ0n) is 15.1. The second-order valence-electron chi connectivity index (χ2n) is 8.03. The number of nitrogens with zero attached hydrogens (tertiary/aromatic N) is 1. The van der Waals surface area contributed by atoms with Gasteiger partial charge >= 0.3 is 5.69 Å². The highest BCUT2D eigenvalue weighted by Gasteiger charge is 2.48. The van der Waals surface area contributed by atoms with Crippen LogP contribution in [0.3, 0.4) is 0 Å². The topological polar surface area (TPSA) is 93.5 Å². The van der Waals surface area contributed by atoms with Crippen molar-refractivity contribution in [3.63, 3.8) is 0 Å². The van der Waals surface area contributed by atoms with Gasteiger partial charge in [-0.1, -0.05) is 0 Å². The van der Waals surface area contributed by atoms with Gasteiger partial charge in [-0.2, -0.15) is 0 Å². The molecule has 7 nitrogen and oxygen atoms in total. The van der Waals surface area contributed by atoms with Crippen LogP contribution in [0.15, 0.2) is 18.2 Å². The molecule has 4 bridgehead atoms. The average molecular weight is 389 g/mol. The molecular weight excluding hydrogens is 366 g/mol. The van der Waals surface area contributed by atoms with E-state index in [1.165, 1.54) is 57.4 Å². The van der Waals surface area contributed by atoms with Crippen LogP contribution in [0.4, 0.5) is 5.69 Å². The fraction of sp³-hybridized carbons (Fsp3) is 0.579. The number of nitrogens with one attached hydrogen (secondary N) is 2. The number of amides is 1. The van der Waals surface area contributed by atoms with E-state index in [0.717, 1.165) is 11.8 Å². The van der Waals surface area contributed by atoms with Crippen LogP contribution >= 0.6 is 12.2 Å². The standard InChI is InChI=1S/C19H23N3O4S/c1-26-16-3-2-12(9-15(16)22(24)25)18(23)21-19(27)20-17-13-5-10-4-11(7-13)8-14(17)6-10/h2-3,9-11,13-14,17H,4-8H2,1H3,(H2,20,21,23,27). The molecule has 1 aromatic carbocycles. The van der Waals surface area contributed by atoms with E-state index in [-0.39, 0.29) is 17.0 Å². The fourth-order valence-corrected chi connectivity index (χ4v) is 5.73. The first-order chi connectivity index (χ1) is 12.9. The number of thiocarbonyl (C=S) groups is 1. The van der Waals surface area contributed by atoms with Gasteiger partial charge in [0, 0.05) is 17.7 Å². The number of hydrogen-bond acceptors (Lipinski definition) is 5. The quantitative estimate of drug-likeness (QED) is 0.467. The lowest BCUT2D eigenvalue weighted by Crippen LogP contribution is -2.57. The van der Waals surface area contributed by atoms with E-state index in [0.29, 0.717) is 23.0 Å². The van der Waals surface area contributed by atoms with Gasteiger partial charge in [-0.3, -0.25) is 20.2 Å². The third kappa shape index (κ3) is 3.50. The average Bonchev–Trinajstić information content (AvgIpc) is 2.63. The Hall–Kier alpha value is -2.22. The molecule has 27 heavy (non-hydrogen) atoms. The highest BCUT2D eigenvalue weighted by Crippen LogP contribution is 2.53. The minimum atomic E-state index is -0.569. The van der Waals surface area contributed by atoms with Gasteiger partial charge < -0.3 is 10.1 Å². The zero-order valence-corrected chi connectivity index (χ0v) is 16.0. The molecule has 1 aromatic rings. The summed E-state index contributed by atoms with van der Waals surface area (Å²) in [5.41, 5.74) is -0.0678. The van der Waals surface area contributed by atoms with E-state index in [9.17, 15) is 14.9 Å². The third-order valence-electron chi connectivity index (χ3n) is 6.39. The summed E-state index contributed by atoms with van der Waals surface area (Å²) in [7, 11) is 1.35. The molecule has 0 spiro atoms. The minimum Gasteiger partial charge on any atom is -0.490 e. The molecule has 0 saturated heterocycles. The molecule has 0 heterocycles. The van der Waals surface area contributed by atoms with Crippen LogP contribution in [0.5, 0.6) is 5.75 Å². The third-order valence-corrected chi connectivity index (χ3v) is 6.61. The number of carbonyl (C=O) groups excluding carboxylic acids is 1. The van der Waals surface area contributed by atoms with Crippen molar-refractivity contribution >= 4 is 28.9 Å². The summed E-state index contributed by atoms with van der Waals surface area (Å²) in [4.78, 5) is 23.0. The van der Waals surface area contributed by atoms with Crippen molar-refractivity contribution < 1.29 is 14.5 Å². The maximum Gasteiger partial charge on any atom is 0.311 e. The molecule has 0 unspecified atom stereocenters. The molecule has 8 heteroatoms. The van der Waals surface area contributed by atoms with Gasteiger partial charge in [0.15, 0.2) is 10.9 Å². The minimum absolute atomic E-state index is 0.117. The maximum atomic E-state index is 12.5. The summed E-state index contributed by atoms with van der Waals surface area (Å²) in [6.45, 7) is 0. The number of hydrogen-bond donors (Lipinski definition) is 2. The summed E-state index contributed by atoms with van der Waals surface area (Å²) < 4.78 is 4.97. The van der Waals surface area contributed by atoms with Gasteiger partial charge in [0.25, 0.3) is 5.91 Å². The SMILES string of the molecule is COc1ccc(C(=O)NC(=S)NC2C3CC4CC(C3)CC2C4)cc1[N+](=O)[O-]. The smallest absolute Gasteiger partial charge is 0.311 e. The molecular formula is C19H23N3O4S. The Kier molecular flexibility index (Phi) is 4.75. The van der Waals surface area contributed by atoms with Gasteiger partial charge in [0.1, 0.15) is 0 Å². The highest BCUT2D eigenvalue weighted by atomic mass is 32.1. The van der Waals surface area contributed by atoms with E-state index in [4.69, 9.17) is 17.0 Å². The Morgan fingerprint density at radius 1 is 1.19 bits per heavy atom. The zero-order chi connectivity index (χ0) is 19.1. The lowest BCUT2D eigenvalue weighted by molar-refractivity contribution is -0.385. The summed E-state index contributed by atoms with van der Waals surface area (Å²) in [5, 5.41) is 17.5. The molecule has 4 saturated carbocycles. The van der Waals surface area contributed by atoms with Crippen molar-refractivity contribution in [3.05, 3.63) is 33.9 Å². The van der Waals surface area contributed by atoms with Crippen molar-refractivity contribution in [1.82, 2.24) is 10.6 Å². The lowest BCUT2D eigenvalue weighted by Gasteiger charge is -2.54. The number of nitro groups is 1. The van der Waals surface area contributed by atoms with Gasteiger partial charge in [-0.15, -0.1) is 0 Å². The highest BCUT2D eigenvalue weighted by molar-refractivity contribution is 7.80. The van der Waals surface area contributed by atoms with E-state index in [2.05, 4.69) is 10.6 Å². The van der Waals surface area contributed by atoms with Gasteiger partial charge in [0.2, 0.25) is 0 Å². The number of rotatable bonds is 4. The Morgan fingerprint density at radius 3 is 2.37 bits per heavy atom. The number of methoxy groups -OCH3 is 1. The molecule has 0 atom stereocenters. The Balaban J connectivity index is 1.40. The Morgan fingerprint density at radius 2 is 1.81 bits per heavy atom. The van der Waals surface area contributed by atoms with E-state index < -0.39 is 10.8 Å². The van der Waals surface area contributed by atoms with Crippen LogP contribution < -0.4 is 15.4 Å². The second kappa shape index (κ2) is 7.07. The fourth-order valence-electron chi connectivity index (χ4n) is 5.50. The monoisotopic (exact) mass is 389 g/mol. The van der Waals surface area contributed by atoms with E-state index in [1.54, 1.807) is 0 Å². The van der Waals surface area contributed by atoms with E-state index in [1.807, 2.05) is 0 Å². The van der Waals surface area contributed by atoms with Gasteiger partial charge in [-0.05, 0) is 80.1 Å². The summed E-state index contributed by atoms with van der Waals surface area (Å²) >= 11 is 5.36. The van der Waals surface area contributed by atoms with Gasteiger partial charge in [-0.25, -0.2) is 0 Å². The van der Waals surface area contributed by atoms with Crippen LogP contribution in [0, 0.1) is 33.8 Å². The van der Waals surface area contributed by atoms with Crippen molar-refractivity contribution in [2.45, 2.75) is 38.1 Å². The molecule has 0 radical (unpaired) electrons. The van der Waals surface area contributed by atoms with Crippen molar-refractivity contribution in [2.75, 3.05) is 7.11 Å². The molecule has 144 valence electrons. The molecule has 0 aliphatic heterocycles. The maximum absolute atomic E-state index is 12.5. The number of benzene rings is 1. The lowest BCUT2D eigenvalue weighted by atomic mass is 9.54. The normalized spacial score (nSPS) is 30.6. The van der Waals surface area contributed by atoms with Crippen LogP contribution in [0.25, 0.3) is 0 Å². The van der Waals surface area contributed by atoms with Gasteiger partial charge in [0.05, 0.1) is 12.0 Å². The first kappa shape index (κ1) is 18.2. The summed E-state index contributed by atoms with van der Waals surface area (Å²) in [6, 6.07) is 4.45. The number of nitro benzene ring substituents is 1. The van der Waals surface area contributed by atoms with Crippen molar-refractivity contribution in [1.29, 1.82) is 0 Å². The van der Waals surface area contributed by atoms with Crippen molar-refractivity contribution in [3.8, 4) is 5.75 Å². The Bertz CT molecular complexity index is 769. The molecule has 4 aliphatic carbocycles. The first-order valence-electron chi connectivity index (χ1n) is 9.39. The molecule has 4 fully saturated rings. The molecule has 1 amide bonds. The second-order valence-corrected chi connectivity index (χ2v) is 8.44.